The van der Waals surface area contributed by atoms with Crippen LogP contribution in [-0.2, 0) is 16.1 Å². The van der Waals surface area contributed by atoms with E-state index in [2.05, 4.69) is 15.5 Å². The molecule has 0 bridgehead atoms. The molecule has 1 fully saturated rings. The first kappa shape index (κ1) is 23.1. The van der Waals surface area contributed by atoms with Crippen LogP contribution in [0.5, 0.6) is 17.2 Å². The summed E-state index contributed by atoms with van der Waals surface area (Å²) in [6, 6.07) is 10.1. The molecule has 1 saturated carbocycles. The molecule has 2 unspecified atom stereocenters. The number of hydrogen-bond acceptors (Lipinski definition) is 9. The third-order valence-electron chi connectivity index (χ3n) is 5.59. The molecular formula is C24H25N3O7. The lowest BCUT2D eigenvalue weighted by Crippen LogP contribution is -2.18. The van der Waals surface area contributed by atoms with E-state index in [4.69, 9.17) is 23.5 Å². The predicted octanol–water partition coefficient (Wildman–Crippen LogP) is 3.71. The number of esters is 1. The minimum absolute atomic E-state index is 0.0762. The summed E-state index contributed by atoms with van der Waals surface area (Å²) in [7, 11) is 4.51. The van der Waals surface area contributed by atoms with Crippen LogP contribution in [0.4, 0.5) is 5.69 Å². The summed E-state index contributed by atoms with van der Waals surface area (Å²) < 4.78 is 26.4. The van der Waals surface area contributed by atoms with Crippen LogP contribution in [0.1, 0.15) is 29.5 Å². The number of aromatic nitrogens is 2. The average Bonchev–Trinajstić information content (AvgIpc) is 3.41. The van der Waals surface area contributed by atoms with E-state index in [0.717, 1.165) is 6.42 Å². The summed E-state index contributed by atoms with van der Waals surface area (Å²) in [6.07, 6.45) is 0.813. The number of rotatable bonds is 9. The van der Waals surface area contributed by atoms with Crippen LogP contribution in [0.2, 0.25) is 0 Å². The normalized spacial score (nSPS) is 16.5. The van der Waals surface area contributed by atoms with Crippen molar-refractivity contribution in [2.24, 2.45) is 11.8 Å². The molecule has 2 atom stereocenters. The number of carbonyl (C=O) groups excluding carboxylic acids is 2. The van der Waals surface area contributed by atoms with Crippen LogP contribution in [-0.4, -0.2) is 43.3 Å². The minimum atomic E-state index is -0.684. The maximum absolute atomic E-state index is 12.9. The average molecular weight is 467 g/mol. The lowest BCUT2D eigenvalue weighted by molar-refractivity contribution is -0.117. The van der Waals surface area contributed by atoms with Gasteiger partial charge in [0.1, 0.15) is 5.75 Å². The van der Waals surface area contributed by atoms with Gasteiger partial charge in [-0.25, -0.2) is 4.79 Å². The maximum Gasteiger partial charge on any atom is 0.340 e. The highest BCUT2D eigenvalue weighted by atomic mass is 16.5. The molecular weight excluding hydrogens is 442 g/mol. The molecule has 178 valence electrons. The highest BCUT2D eigenvalue weighted by Gasteiger charge is 2.39. The van der Waals surface area contributed by atoms with Gasteiger partial charge in [-0.3, -0.25) is 4.79 Å². The zero-order chi connectivity index (χ0) is 24.2. The van der Waals surface area contributed by atoms with Gasteiger partial charge in [0.2, 0.25) is 11.7 Å². The number of hydrogen-bond donors (Lipinski definition) is 1. The van der Waals surface area contributed by atoms with E-state index in [1.54, 1.807) is 31.4 Å². The van der Waals surface area contributed by atoms with Crippen LogP contribution in [0.15, 0.2) is 40.9 Å². The molecule has 3 aromatic rings. The number of ether oxygens (including phenoxy) is 4. The SMILES string of the molecule is COc1ccc(-c2nc(COC(=O)c3cc(OC)c(OC)cc3NC(=O)C3CC3C)no2)cc1. The van der Waals surface area contributed by atoms with E-state index in [-0.39, 0.29) is 41.4 Å². The Bertz CT molecular complexity index is 1190. The van der Waals surface area contributed by atoms with Gasteiger partial charge in [0.25, 0.3) is 5.89 Å². The number of methoxy groups -OCH3 is 3. The van der Waals surface area contributed by atoms with E-state index in [0.29, 0.717) is 28.7 Å². The zero-order valence-electron chi connectivity index (χ0n) is 19.3. The van der Waals surface area contributed by atoms with Crippen LogP contribution in [0.3, 0.4) is 0 Å². The third-order valence-corrected chi connectivity index (χ3v) is 5.59. The maximum atomic E-state index is 12.9. The molecule has 1 amide bonds. The number of benzene rings is 2. The molecule has 1 N–H and O–H groups in total. The monoisotopic (exact) mass is 467 g/mol. The summed E-state index contributed by atoms with van der Waals surface area (Å²) in [5, 5.41) is 6.67. The molecule has 10 heteroatoms. The van der Waals surface area contributed by atoms with E-state index < -0.39 is 5.97 Å². The Morgan fingerprint density at radius 3 is 2.35 bits per heavy atom. The van der Waals surface area contributed by atoms with Gasteiger partial charge >= 0.3 is 5.97 Å². The fourth-order valence-electron chi connectivity index (χ4n) is 3.44. The van der Waals surface area contributed by atoms with Crippen molar-refractivity contribution in [2.45, 2.75) is 20.0 Å². The van der Waals surface area contributed by atoms with Gasteiger partial charge in [-0.1, -0.05) is 12.1 Å². The second kappa shape index (κ2) is 9.82. The van der Waals surface area contributed by atoms with Crippen LogP contribution in [0.25, 0.3) is 11.5 Å². The van der Waals surface area contributed by atoms with Crippen LogP contribution < -0.4 is 19.5 Å². The molecule has 1 aliphatic rings. The van der Waals surface area contributed by atoms with Crippen molar-refractivity contribution in [3.8, 4) is 28.7 Å². The molecule has 4 rings (SSSR count). The summed E-state index contributed by atoms with van der Waals surface area (Å²) in [6.45, 7) is 1.78. The van der Waals surface area contributed by atoms with E-state index in [1.165, 1.54) is 26.4 Å². The molecule has 0 radical (unpaired) electrons. The van der Waals surface area contributed by atoms with Gasteiger partial charge in [0, 0.05) is 23.6 Å². The molecule has 2 aromatic carbocycles. The van der Waals surface area contributed by atoms with Crippen molar-refractivity contribution in [3.63, 3.8) is 0 Å². The largest absolute Gasteiger partial charge is 0.497 e. The Kier molecular flexibility index (Phi) is 6.67. The predicted molar refractivity (Wildman–Crippen MR) is 121 cm³/mol. The van der Waals surface area contributed by atoms with Gasteiger partial charge in [-0.15, -0.1) is 0 Å². The van der Waals surface area contributed by atoms with Gasteiger partial charge < -0.3 is 28.8 Å². The number of carbonyl (C=O) groups is 2. The fourth-order valence-corrected chi connectivity index (χ4v) is 3.44. The Hall–Kier alpha value is -4.08. The topological polar surface area (TPSA) is 122 Å². The van der Waals surface area contributed by atoms with Gasteiger partial charge in [-0.2, -0.15) is 4.98 Å². The second-order valence-electron chi connectivity index (χ2n) is 7.88. The summed E-state index contributed by atoms with van der Waals surface area (Å²) >= 11 is 0. The molecule has 0 saturated heterocycles. The Morgan fingerprint density at radius 1 is 1.06 bits per heavy atom. The number of nitrogens with zero attached hydrogens (tertiary/aromatic N) is 2. The van der Waals surface area contributed by atoms with E-state index in [9.17, 15) is 9.59 Å². The molecule has 1 aliphatic carbocycles. The Balaban J connectivity index is 1.49. The fraction of sp³-hybridized carbons (Fsp3) is 0.333. The molecule has 0 spiro atoms. The van der Waals surface area contributed by atoms with Crippen molar-refractivity contribution in [3.05, 3.63) is 47.8 Å². The second-order valence-corrected chi connectivity index (χ2v) is 7.88. The zero-order valence-corrected chi connectivity index (χ0v) is 19.3. The molecule has 34 heavy (non-hydrogen) atoms. The standard InChI is InChI=1S/C24H25N3O7/c1-13-9-16(13)22(28)25-18-11-20(32-4)19(31-3)10-17(18)24(29)33-12-21-26-23(34-27-21)14-5-7-15(30-2)8-6-14/h5-8,10-11,13,16H,9,12H2,1-4H3,(H,25,28). The summed E-state index contributed by atoms with van der Waals surface area (Å²) in [4.78, 5) is 29.7. The minimum Gasteiger partial charge on any atom is -0.497 e. The number of anilines is 1. The van der Waals surface area contributed by atoms with Crippen molar-refractivity contribution >= 4 is 17.6 Å². The smallest absolute Gasteiger partial charge is 0.340 e. The number of amides is 1. The first-order valence-corrected chi connectivity index (χ1v) is 10.6. The van der Waals surface area contributed by atoms with Gasteiger partial charge in [-0.05, 0) is 36.6 Å². The Morgan fingerprint density at radius 2 is 1.74 bits per heavy atom. The van der Waals surface area contributed by atoms with E-state index >= 15 is 0 Å². The molecule has 10 nitrogen and oxygen atoms in total. The van der Waals surface area contributed by atoms with Crippen LogP contribution in [0, 0.1) is 11.8 Å². The first-order valence-electron chi connectivity index (χ1n) is 10.6. The van der Waals surface area contributed by atoms with Crippen molar-refractivity contribution in [1.82, 2.24) is 10.1 Å². The molecule has 1 aromatic heterocycles. The van der Waals surface area contributed by atoms with Crippen molar-refractivity contribution < 1.29 is 33.1 Å². The van der Waals surface area contributed by atoms with Crippen LogP contribution >= 0.6 is 0 Å². The van der Waals surface area contributed by atoms with Crippen molar-refractivity contribution in [2.75, 3.05) is 26.6 Å². The van der Waals surface area contributed by atoms with Gasteiger partial charge in [0.15, 0.2) is 18.1 Å². The highest BCUT2D eigenvalue weighted by Crippen LogP contribution is 2.40. The molecule has 0 aliphatic heterocycles. The lowest BCUT2D eigenvalue weighted by Gasteiger charge is -2.15. The summed E-state index contributed by atoms with van der Waals surface area (Å²) in [5.41, 5.74) is 1.10. The highest BCUT2D eigenvalue weighted by molar-refractivity contribution is 6.03. The van der Waals surface area contributed by atoms with E-state index in [1.807, 2.05) is 6.92 Å². The van der Waals surface area contributed by atoms with Gasteiger partial charge in [0.05, 0.1) is 32.6 Å². The summed E-state index contributed by atoms with van der Waals surface area (Å²) in [5.74, 6) is 1.28. The molecule has 1 heterocycles. The third kappa shape index (κ3) is 4.95. The first-order chi connectivity index (χ1) is 16.4. The number of nitrogens with one attached hydrogen (secondary N) is 1. The quantitative estimate of drug-likeness (QED) is 0.469. The lowest BCUT2D eigenvalue weighted by atomic mass is 10.1. The Labute approximate surface area is 196 Å². The van der Waals surface area contributed by atoms with Crippen molar-refractivity contribution in [1.29, 1.82) is 0 Å².